The second-order valence-corrected chi connectivity index (χ2v) is 4.48. The smallest absolute Gasteiger partial charge is 0.374 e. The molecule has 2 aromatic rings. The van der Waals surface area contributed by atoms with Crippen LogP contribution in [0.1, 0.15) is 21.7 Å². The van der Waals surface area contributed by atoms with Gasteiger partial charge in [0.05, 0.1) is 6.26 Å². The van der Waals surface area contributed by atoms with Crippen LogP contribution in [0, 0.1) is 13.8 Å². The number of rotatable bonds is 4. The average molecular weight is 273 g/mol. The molecule has 0 saturated carbocycles. The Kier molecular flexibility index (Phi) is 4.20. The first-order chi connectivity index (χ1) is 9.54. The highest BCUT2D eigenvalue weighted by molar-refractivity contribution is 5.94. The summed E-state index contributed by atoms with van der Waals surface area (Å²) in [5, 5.41) is 2.68. The molecule has 0 aliphatic heterocycles. The molecule has 20 heavy (non-hydrogen) atoms. The van der Waals surface area contributed by atoms with Crippen LogP contribution in [-0.2, 0) is 9.53 Å². The van der Waals surface area contributed by atoms with Gasteiger partial charge in [0.15, 0.2) is 6.61 Å². The first kappa shape index (κ1) is 13.9. The lowest BCUT2D eigenvalue weighted by molar-refractivity contribution is -0.119. The molecule has 0 aliphatic rings. The minimum absolute atomic E-state index is 0.0733. The van der Waals surface area contributed by atoms with Gasteiger partial charge in [-0.3, -0.25) is 4.79 Å². The van der Waals surface area contributed by atoms with E-state index in [1.807, 2.05) is 32.0 Å². The minimum Gasteiger partial charge on any atom is -0.457 e. The van der Waals surface area contributed by atoms with E-state index in [1.165, 1.54) is 12.3 Å². The summed E-state index contributed by atoms with van der Waals surface area (Å²) in [4.78, 5) is 23.2. The predicted octanol–water partition coefficient (Wildman–Crippen LogP) is 2.69. The third kappa shape index (κ3) is 3.71. The zero-order valence-corrected chi connectivity index (χ0v) is 11.3. The number of hydrogen-bond donors (Lipinski definition) is 1. The van der Waals surface area contributed by atoms with Gasteiger partial charge in [-0.1, -0.05) is 6.07 Å². The quantitative estimate of drug-likeness (QED) is 0.870. The van der Waals surface area contributed by atoms with Crippen LogP contribution in [0.15, 0.2) is 41.0 Å². The summed E-state index contributed by atoms with van der Waals surface area (Å²) in [6, 6.07) is 8.75. The van der Waals surface area contributed by atoms with Crippen molar-refractivity contribution >= 4 is 17.6 Å². The second-order valence-electron chi connectivity index (χ2n) is 4.48. The van der Waals surface area contributed by atoms with Crippen molar-refractivity contribution < 1.29 is 18.7 Å². The monoisotopic (exact) mass is 273 g/mol. The fourth-order valence-electron chi connectivity index (χ4n) is 1.84. The number of esters is 1. The number of carbonyl (C=O) groups is 2. The summed E-state index contributed by atoms with van der Waals surface area (Å²) in [6.45, 7) is 3.53. The highest BCUT2D eigenvalue weighted by Crippen LogP contribution is 2.13. The van der Waals surface area contributed by atoms with Gasteiger partial charge in [0, 0.05) is 5.69 Å². The molecule has 0 fully saturated rings. The van der Waals surface area contributed by atoms with Crippen LogP contribution in [0.4, 0.5) is 5.69 Å². The Morgan fingerprint density at radius 2 is 1.90 bits per heavy atom. The van der Waals surface area contributed by atoms with Crippen molar-refractivity contribution in [2.45, 2.75) is 13.8 Å². The number of furan rings is 1. The normalized spacial score (nSPS) is 10.1. The summed E-state index contributed by atoms with van der Waals surface area (Å²) in [7, 11) is 0. The molecular weight excluding hydrogens is 258 g/mol. The Balaban J connectivity index is 1.88. The molecule has 1 aromatic heterocycles. The van der Waals surface area contributed by atoms with Crippen LogP contribution in [0.3, 0.4) is 0 Å². The van der Waals surface area contributed by atoms with Gasteiger partial charge in [0.1, 0.15) is 0 Å². The molecule has 1 aromatic carbocycles. The Morgan fingerprint density at radius 3 is 2.50 bits per heavy atom. The van der Waals surface area contributed by atoms with E-state index >= 15 is 0 Å². The molecule has 5 heteroatoms. The molecule has 0 atom stereocenters. The molecular formula is C15H15NO4. The molecule has 0 spiro atoms. The maximum Gasteiger partial charge on any atom is 0.374 e. The van der Waals surface area contributed by atoms with Crippen molar-refractivity contribution in [2.75, 3.05) is 11.9 Å². The second kappa shape index (κ2) is 6.06. The van der Waals surface area contributed by atoms with Gasteiger partial charge in [-0.05, 0) is 49.2 Å². The Morgan fingerprint density at radius 1 is 1.20 bits per heavy atom. The molecule has 1 amide bonds. The van der Waals surface area contributed by atoms with Crippen molar-refractivity contribution in [3.63, 3.8) is 0 Å². The number of nitrogens with one attached hydrogen (secondary N) is 1. The van der Waals surface area contributed by atoms with Crippen LogP contribution >= 0.6 is 0 Å². The first-order valence-corrected chi connectivity index (χ1v) is 6.13. The summed E-state index contributed by atoms with van der Waals surface area (Å²) in [5.41, 5.74) is 2.78. The highest BCUT2D eigenvalue weighted by Gasteiger charge is 2.12. The zero-order valence-electron chi connectivity index (χ0n) is 11.3. The number of benzene rings is 1. The number of ether oxygens (including phenoxy) is 1. The zero-order chi connectivity index (χ0) is 14.5. The molecule has 0 unspecified atom stereocenters. The van der Waals surface area contributed by atoms with E-state index in [4.69, 9.17) is 9.15 Å². The minimum atomic E-state index is -0.662. The Bertz CT molecular complexity index is 597. The topological polar surface area (TPSA) is 68.5 Å². The molecule has 0 radical (unpaired) electrons. The summed E-state index contributed by atoms with van der Waals surface area (Å²) in [6.07, 6.45) is 1.37. The predicted molar refractivity (Wildman–Crippen MR) is 73.5 cm³/mol. The molecule has 0 saturated heterocycles. The van der Waals surface area contributed by atoms with E-state index in [0.29, 0.717) is 5.69 Å². The van der Waals surface area contributed by atoms with E-state index in [9.17, 15) is 9.59 Å². The van der Waals surface area contributed by atoms with Crippen LogP contribution in [-0.4, -0.2) is 18.5 Å². The third-order valence-electron chi connectivity index (χ3n) is 2.56. The lowest BCUT2D eigenvalue weighted by atomic mass is 10.1. The molecule has 1 N–H and O–H groups in total. The SMILES string of the molecule is Cc1cc(C)cc(NC(=O)COC(=O)c2ccco2)c1. The van der Waals surface area contributed by atoms with Gasteiger partial charge >= 0.3 is 5.97 Å². The maximum absolute atomic E-state index is 11.7. The van der Waals surface area contributed by atoms with Crippen molar-refractivity contribution in [3.05, 3.63) is 53.5 Å². The van der Waals surface area contributed by atoms with Crippen molar-refractivity contribution in [1.82, 2.24) is 0 Å². The Hall–Kier alpha value is -2.56. The summed E-state index contributed by atoms with van der Waals surface area (Å²) >= 11 is 0. The van der Waals surface area contributed by atoms with Crippen LogP contribution in [0.2, 0.25) is 0 Å². The van der Waals surface area contributed by atoms with Crippen molar-refractivity contribution in [2.24, 2.45) is 0 Å². The van der Waals surface area contributed by atoms with Crippen LogP contribution in [0.25, 0.3) is 0 Å². The lowest BCUT2D eigenvalue weighted by Crippen LogP contribution is -2.20. The first-order valence-electron chi connectivity index (χ1n) is 6.13. The van der Waals surface area contributed by atoms with Crippen LogP contribution in [0.5, 0.6) is 0 Å². The molecule has 104 valence electrons. The van der Waals surface area contributed by atoms with Gasteiger partial charge in [0.2, 0.25) is 5.76 Å². The number of aryl methyl sites for hydroxylation is 2. The summed E-state index contributed by atoms with van der Waals surface area (Å²) in [5.74, 6) is -0.982. The number of anilines is 1. The van der Waals surface area contributed by atoms with E-state index in [0.717, 1.165) is 11.1 Å². The van der Waals surface area contributed by atoms with Gasteiger partial charge in [-0.2, -0.15) is 0 Å². The number of hydrogen-bond acceptors (Lipinski definition) is 4. The number of carbonyl (C=O) groups excluding carboxylic acids is 2. The van der Waals surface area contributed by atoms with Gasteiger partial charge in [-0.15, -0.1) is 0 Å². The lowest BCUT2D eigenvalue weighted by Gasteiger charge is -2.07. The van der Waals surface area contributed by atoms with E-state index in [2.05, 4.69) is 5.32 Å². The molecule has 0 bridgehead atoms. The molecule has 5 nitrogen and oxygen atoms in total. The van der Waals surface area contributed by atoms with Gasteiger partial charge in [0.25, 0.3) is 5.91 Å². The third-order valence-corrected chi connectivity index (χ3v) is 2.56. The van der Waals surface area contributed by atoms with E-state index in [-0.39, 0.29) is 12.4 Å². The number of amides is 1. The standard InChI is InChI=1S/C15H15NO4/c1-10-6-11(2)8-12(7-10)16-14(17)9-20-15(18)13-4-3-5-19-13/h3-8H,9H2,1-2H3,(H,16,17). The largest absolute Gasteiger partial charge is 0.457 e. The Labute approximate surface area is 116 Å². The summed E-state index contributed by atoms with van der Waals surface area (Å²) < 4.78 is 9.71. The van der Waals surface area contributed by atoms with Crippen LogP contribution < -0.4 is 5.32 Å². The molecule has 2 rings (SSSR count). The molecule has 0 aliphatic carbocycles. The van der Waals surface area contributed by atoms with E-state index < -0.39 is 11.9 Å². The fraction of sp³-hybridized carbons (Fsp3) is 0.200. The highest BCUT2D eigenvalue weighted by atomic mass is 16.5. The average Bonchev–Trinajstić information content (AvgIpc) is 2.88. The van der Waals surface area contributed by atoms with Gasteiger partial charge < -0.3 is 14.5 Å². The maximum atomic E-state index is 11.7. The molecule has 1 heterocycles. The van der Waals surface area contributed by atoms with Crippen molar-refractivity contribution in [1.29, 1.82) is 0 Å². The van der Waals surface area contributed by atoms with E-state index in [1.54, 1.807) is 6.07 Å². The van der Waals surface area contributed by atoms with Crippen molar-refractivity contribution in [3.8, 4) is 0 Å². The fourth-order valence-corrected chi connectivity index (χ4v) is 1.84. The van der Waals surface area contributed by atoms with Gasteiger partial charge in [-0.25, -0.2) is 4.79 Å².